The van der Waals surface area contributed by atoms with Gasteiger partial charge < -0.3 is 9.47 Å². The van der Waals surface area contributed by atoms with E-state index in [0.29, 0.717) is 18.7 Å². The number of hydrogen-bond donors (Lipinski definition) is 0. The van der Waals surface area contributed by atoms with Crippen LogP contribution in [0.25, 0.3) is 0 Å². The van der Waals surface area contributed by atoms with Gasteiger partial charge in [-0.3, -0.25) is 4.79 Å². The van der Waals surface area contributed by atoms with Crippen LogP contribution in [-0.4, -0.2) is 46.8 Å². The molecule has 3 rings (SSSR count). The fourth-order valence-corrected chi connectivity index (χ4v) is 3.82. The molecule has 2 aromatic rings. The first-order valence-corrected chi connectivity index (χ1v) is 10.1. The standard InChI is InChI=1S/C17H22N4O3S/c1-11(2)16-19-18-15-10-20(9-12(3)21(15)16)17(22)13-6-5-7-14(8-13)25(4,23)24/h5-8,11-12H,9-10H2,1-4H3/t12-/m0/s1. The van der Waals surface area contributed by atoms with Gasteiger partial charge in [0.15, 0.2) is 15.7 Å². The van der Waals surface area contributed by atoms with E-state index in [9.17, 15) is 13.2 Å². The van der Waals surface area contributed by atoms with Crippen molar-refractivity contribution < 1.29 is 13.2 Å². The molecule has 8 heteroatoms. The van der Waals surface area contributed by atoms with Crippen LogP contribution in [-0.2, 0) is 16.4 Å². The third kappa shape index (κ3) is 3.30. The molecular formula is C17H22N4O3S. The first kappa shape index (κ1) is 17.6. The topological polar surface area (TPSA) is 85.2 Å². The molecule has 0 saturated carbocycles. The number of aromatic nitrogens is 3. The lowest BCUT2D eigenvalue weighted by molar-refractivity contribution is 0.0679. The highest BCUT2D eigenvalue weighted by atomic mass is 32.2. The van der Waals surface area contributed by atoms with Gasteiger partial charge in [-0.25, -0.2) is 8.42 Å². The van der Waals surface area contributed by atoms with Crippen molar-refractivity contribution in [2.24, 2.45) is 0 Å². The van der Waals surface area contributed by atoms with Crippen LogP contribution in [0.3, 0.4) is 0 Å². The molecule has 0 radical (unpaired) electrons. The summed E-state index contributed by atoms with van der Waals surface area (Å²) < 4.78 is 25.5. The van der Waals surface area contributed by atoms with Crippen molar-refractivity contribution in [2.45, 2.75) is 44.2 Å². The highest BCUT2D eigenvalue weighted by Crippen LogP contribution is 2.26. The fourth-order valence-electron chi connectivity index (χ4n) is 3.15. The summed E-state index contributed by atoms with van der Waals surface area (Å²) in [6.45, 7) is 7.07. The zero-order valence-electron chi connectivity index (χ0n) is 14.8. The molecule has 25 heavy (non-hydrogen) atoms. The van der Waals surface area contributed by atoms with Gasteiger partial charge >= 0.3 is 0 Å². The van der Waals surface area contributed by atoms with E-state index in [1.165, 1.54) is 12.1 Å². The summed E-state index contributed by atoms with van der Waals surface area (Å²) >= 11 is 0. The van der Waals surface area contributed by atoms with E-state index in [1.807, 2.05) is 6.92 Å². The predicted molar refractivity (Wildman–Crippen MR) is 93.1 cm³/mol. The van der Waals surface area contributed by atoms with E-state index in [0.717, 1.165) is 17.9 Å². The largest absolute Gasteiger partial charge is 0.329 e. The van der Waals surface area contributed by atoms with Gasteiger partial charge in [-0.05, 0) is 25.1 Å². The minimum atomic E-state index is -3.35. The minimum Gasteiger partial charge on any atom is -0.329 e. The van der Waals surface area contributed by atoms with Crippen LogP contribution in [0.5, 0.6) is 0 Å². The smallest absolute Gasteiger partial charge is 0.254 e. The molecule has 1 aliphatic rings. The molecule has 0 fully saturated rings. The SMILES string of the molecule is CC(C)c1nnc2n1[C@@H](C)CN(C(=O)c1cccc(S(C)(=O)=O)c1)C2. The van der Waals surface area contributed by atoms with Gasteiger partial charge in [0, 0.05) is 24.3 Å². The lowest BCUT2D eigenvalue weighted by Gasteiger charge is -2.33. The predicted octanol–water partition coefficient (Wildman–Crippen LogP) is 2.02. The van der Waals surface area contributed by atoms with Crippen molar-refractivity contribution in [3.63, 3.8) is 0 Å². The maximum absolute atomic E-state index is 12.8. The van der Waals surface area contributed by atoms with E-state index in [2.05, 4.69) is 28.6 Å². The molecule has 1 atom stereocenters. The first-order valence-electron chi connectivity index (χ1n) is 8.21. The Kier molecular flexibility index (Phi) is 4.40. The van der Waals surface area contributed by atoms with Gasteiger partial charge in [0.1, 0.15) is 5.82 Å². The number of carbonyl (C=O) groups excluding carboxylic acids is 1. The molecule has 0 spiro atoms. The number of nitrogens with zero attached hydrogens (tertiary/aromatic N) is 4. The molecule has 1 aromatic heterocycles. The summed E-state index contributed by atoms with van der Waals surface area (Å²) in [5, 5.41) is 8.49. The number of fused-ring (bicyclic) bond motifs is 1. The van der Waals surface area contributed by atoms with Crippen LogP contribution >= 0.6 is 0 Å². The van der Waals surface area contributed by atoms with E-state index in [-0.39, 0.29) is 22.8 Å². The van der Waals surface area contributed by atoms with Crippen molar-refractivity contribution in [1.29, 1.82) is 0 Å². The van der Waals surface area contributed by atoms with Crippen molar-refractivity contribution in [2.75, 3.05) is 12.8 Å². The van der Waals surface area contributed by atoms with Crippen LogP contribution in [0.2, 0.25) is 0 Å². The van der Waals surface area contributed by atoms with Gasteiger partial charge in [0.25, 0.3) is 5.91 Å². The Morgan fingerprint density at radius 3 is 2.64 bits per heavy atom. The highest BCUT2D eigenvalue weighted by Gasteiger charge is 2.30. The van der Waals surface area contributed by atoms with Crippen molar-refractivity contribution in [1.82, 2.24) is 19.7 Å². The second kappa shape index (κ2) is 6.25. The molecule has 0 bridgehead atoms. The second-order valence-electron chi connectivity index (χ2n) is 6.83. The molecule has 0 saturated heterocycles. The number of benzene rings is 1. The normalized spacial score (nSPS) is 17.6. The van der Waals surface area contributed by atoms with Gasteiger partial charge in [-0.2, -0.15) is 0 Å². The molecule has 134 valence electrons. The highest BCUT2D eigenvalue weighted by molar-refractivity contribution is 7.90. The van der Waals surface area contributed by atoms with E-state index in [1.54, 1.807) is 17.0 Å². The number of carbonyl (C=O) groups is 1. The van der Waals surface area contributed by atoms with Crippen molar-refractivity contribution >= 4 is 15.7 Å². The Bertz CT molecular complexity index is 918. The number of sulfone groups is 1. The summed E-state index contributed by atoms with van der Waals surface area (Å²) in [5.74, 6) is 1.75. The minimum absolute atomic E-state index is 0.0678. The molecule has 0 aliphatic carbocycles. The summed E-state index contributed by atoms with van der Waals surface area (Å²) in [5.41, 5.74) is 0.368. The molecule has 2 heterocycles. The molecule has 0 unspecified atom stereocenters. The molecule has 1 aliphatic heterocycles. The van der Waals surface area contributed by atoms with E-state index < -0.39 is 9.84 Å². The Morgan fingerprint density at radius 2 is 2.00 bits per heavy atom. The second-order valence-corrected chi connectivity index (χ2v) is 8.85. The molecule has 0 N–H and O–H groups in total. The molecule has 1 aromatic carbocycles. The number of rotatable bonds is 3. The Hall–Kier alpha value is -2.22. The molecule has 1 amide bonds. The van der Waals surface area contributed by atoms with Crippen LogP contribution in [0.1, 0.15) is 54.7 Å². The summed E-state index contributed by atoms with van der Waals surface area (Å²) in [6, 6.07) is 6.23. The molecule has 7 nitrogen and oxygen atoms in total. The maximum Gasteiger partial charge on any atom is 0.254 e. The van der Waals surface area contributed by atoms with Crippen LogP contribution in [0.4, 0.5) is 0 Å². The van der Waals surface area contributed by atoms with Crippen molar-refractivity contribution in [3.05, 3.63) is 41.5 Å². The van der Waals surface area contributed by atoms with Gasteiger partial charge in [-0.15, -0.1) is 10.2 Å². The van der Waals surface area contributed by atoms with Gasteiger partial charge in [0.2, 0.25) is 0 Å². The third-order valence-electron chi connectivity index (χ3n) is 4.36. The summed E-state index contributed by atoms with van der Waals surface area (Å²) in [7, 11) is -3.35. The fraction of sp³-hybridized carbons (Fsp3) is 0.471. The number of hydrogen-bond acceptors (Lipinski definition) is 5. The van der Waals surface area contributed by atoms with Crippen molar-refractivity contribution in [3.8, 4) is 0 Å². The quantitative estimate of drug-likeness (QED) is 0.834. The Labute approximate surface area is 147 Å². The average molecular weight is 362 g/mol. The zero-order chi connectivity index (χ0) is 18.4. The van der Waals surface area contributed by atoms with E-state index in [4.69, 9.17) is 0 Å². The number of amides is 1. The summed E-state index contributed by atoms with van der Waals surface area (Å²) in [4.78, 5) is 14.7. The Balaban J connectivity index is 1.90. The first-order chi connectivity index (χ1) is 11.7. The third-order valence-corrected chi connectivity index (χ3v) is 5.47. The maximum atomic E-state index is 12.8. The van der Waals surface area contributed by atoms with Gasteiger partial charge in [0.05, 0.1) is 17.5 Å². The van der Waals surface area contributed by atoms with Crippen LogP contribution in [0, 0.1) is 0 Å². The zero-order valence-corrected chi connectivity index (χ0v) is 15.6. The average Bonchev–Trinajstić information content (AvgIpc) is 2.98. The van der Waals surface area contributed by atoms with E-state index >= 15 is 0 Å². The Morgan fingerprint density at radius 1 is 1.28 bits per heavy atom. The van der Waals surface area contributed by atoms with Gasteiger partial charge in [-0.1, -0.05) is 19.9 Å². The summed E-state index contributed by atoms with van der Waals surface area (Å²) in [6.07, 6.45) is 1.13. The molecular weight excluding hydrogens is 340 g/mol. The van der Waals surface area contributed by atoms with Crippen LogP contribution < -0.4 is 0 Å². The monoisotopic (exact) mass is 362 g/mol. The van der Waals surface area contributed by atoms with Crippen LogP contribution in [0.15, 0.2) is 29.2 Å². The lowest BCUT2D eigenvalue weighted by Crippen LogP contribution is -2.40. The lowest BCUT2D eigenvalue weighted by atomic mass is 10.1.